The fraction of sp³-hybridized carbons (Fsp3) is 0.333. The summed E-state index contributed by atoms with van der Waals surface area (Å²) in [7, 11) is 0. The van der Waals surface area contributed by atoms with Crippen LogP contribution in [0.4, 0.5) is 5.69 Å². The van der Waals surface area contributed by atoms with Crippen LogP contribution in [-0.4, -0.2) is 29.2 Å². The number of nitrogens with one attached hydrogen (secondary N) is 1. The molecule has 1 aliphatic rings. The molecule has 0 spiro atoms. The van der Waals surface area contributed by atoms with Gasteiger partial charge in [-0.15, -0.1) is 0 Å². The Labute approximate surface area is 118 Å². The van der Waals surface area contributed by atoms with E-state index in [1.165, 1.54) is 0 Å². The fourth-order valence-electron chi connectivity index (χ4n) is 1.80. The highest BCUT2D eigenvalue weighted by Crippen LogP contribution is 2.21. The maximum absolute atomic E-state index is 11.9. The first-order chi connectivity index (χ1) is 8.56. The molecule has 1 aromatic rings. The van der Waals surface area contributed by atoms with Gasteiger partial charge in [0, 0.05) is 9.26 Å². The number of carbonyl (C=O) groups is 2. The van der Waals surface area contributed by atoms with Gasteiger partial charge in [-0.05, 0) is 53.6 Å². The predicted octanol–water partition coefficient (Wildman–Crippen LogP) is 1.86. The number of carboxylic acid groups (broad SMARTS) is 1. The Bertz CT molecular complexity index is 477. The Balaban J connectivity index is 1.95. The van der Waals surface area contributed by atoms with Crippen LogP contribution in [0.3, 0.4) is 0 Å². The SMILES string of the molecule is O=C(O)C1CCC(C(=O)Nc2cccc(I)c2)O1. The van der Waals surface area contributed by atoms with E-state index in [0.717, 1.165) is 3.57 Å². The third kappa shape index (κ3) is 3.20. The molecule has 0 saturated carbocycles. The summed E-state index contributed by atoms with van der Waals surface area (Å²) in [4.78, 5) is 22.6. The van der Waals surface area contributed by atoms with Gasteiger partial charge in [0.15, 0.2) is 6.10 Å². The third-order valence-corrected chi connectivity index (χ3v) is 3.35. The van der Waals surface area contributed by atoms with Crippen LogP contribution in [0.1, 0.15) is 12.8 Å². The van der Waals surface area contributed by atoms with Gasteiger partial charge < -0.3 is 15.2 Å². The molecule has 96 valence electrons. The molecule has 1 saturated heterocycles. The van der Waals surface area contributed by atoms with Crippen LogP contribution in [-0.2, 0) is 14.3 Å². The zero-order chi connectivity index (χ0) is 13.1. The maximum Gasteiger partial charge on any atom is 0.332 e. The zero-order valence-corrected chi connectivity index (χ0v) is 11.6. The monoisotopic (exact) mass is 361 g/mol. The highest BCUT2D eigenvalue weighted by atomic mass is 127. The number of hydrogen-bond donors (Lipinski definition) is 2. The van der Waals surface area contributed by atoms with E-state index in [9.17, 15) is 9.59 Å². The number of benzene rings is 1. The average molecular weight is 361 g/mol. The molecular weight excluding hydrogens is 349 g/mol. The molecule has 18 heavy (non-hydrogen) atoms. The van der Waals surface area contributed by atoms with Gasteiger partial charge in [-0.2, -0.15) is 0 Å². The van der Waals surface area contributed by atoms with E-state index in [0.29, 0.717) is 18.5 Å². The molecule has 6 heteroatoms. The summed E-state index contributed by atoms with van der Waals surface area (Å²) < 4.78 is 6.19. The molecule has 1 aromatic carbocycles. The quantitative estimate of drug-likeness (QED) is 0.806. The van der Waals surface area contributed by atoms with Gasteiger partial charge in [-0.25, -0.2) is 4.79 Å². The Morgan fingerprint density at radius 3 is 2.67 bits per heavy atom. The minimum Gasteiger partial charge on any atom is -0.479 e. The number of ether oxygens (including phenoxy) is 1. The summed E-state index contributed by atoms with van der Waals surface area (Å²) in [5.74, 6) is -1.31. The molecule has 5 nitrogen and oxygen atoms in total. The molecular formula is C12H12INO4. The Morgan fingerprint density at radius 1 is 1.33 bits per heavy atom. The predicted molar refractivity (Wildman–Crippen MR) is 73.3 cm³/mol. The second-order valence-corrected chi connectivity index (χ2v) is 5.27. The highest BCUT2D eigenvalue weighted by molar-refractivity contribution is 14.1. The van der Waals surface area contributed by atoms with Crippen LogP contribution < -0.4 is 5.32 Å². The number of rotatable bonds is 3. The van der Waals surface area contributed by atoms with Gasteiger partial charge in [0.05, 0.1) is 0 Å². The summed E-state index contributed by atoms with van der Waals surface area (Å²) in [6.45, 7) is 0. The molecule has 2 rings (SSSR count). The standard InChI is InChI=1S/C12H12INO4/c13-7-2-1-3-8(6-7)14-11(15)9-4-5-10(18-9)12(16)17/h1-3,6,9-10H,4-5H2,(H,14,15)(H,16,17). The van der Waals surface area contributed by atoms with Gasteiger partial charge in [-0.1, -0.05) is 6.07 Å². The lowest BCUT2D eigenvalue weighted by atomic mass is 10.2. The van der Waals surface area contributed by atoms with Crippen molar-refractivity contribution in [1.29, 1.82) is 0 Å². The smallest absolute Gasteiger partial charge is 0.332 e. The van der Waals surface area contributed by atoms with Gasteiger partial charge >= 0.3 is 5.97 Å². The molecule has 2 unspecified atom stereocenters. The van der Waals surface area contributed by atoms with Crippen LogP contribution in [0.15, 0.2) is 24.3 Å². The minimum atomic E-state index is -1.01. The largest absolute Gasteiger partial charge is 0.479 e. The molecule has 1 fully saturated rings. The first kappa shape index (κ1) is 13.3. The zero-order valence-electron chi connectivity index (χ0n) is 9.43. The number of amides is 1. The number of hydrogen-bond acceptors (Lipinski definition) is 3. The molecule has 0 aliphatic carbocycles. The van der Waals surface area contributed by atoms with Crippen molar-refractivity contribution in [2.45, 2.75) is 25.0 Å². The number of aliphatic carboxylic acids is 1. The van der Waals surface area contributed by atoms with Gasteiger partial charge in [0.1, 0.15) is 6.10 Å². The first-order valence-electron chi connectivity index (χ1n) is 5.51. The van der Waals surface area contributed by atoms with Gasteiger partial charge in [0.25, 0.3) is 5.91 Å². The van der Waals surface area contributed by atoms with Crippen LogP contribution in [0, 0.1) is 3.57 Å². The molecule has 2 atom stereocenters. The molecule has 0 aromatic heterocycles. The van der Waals surface area contributed by atoms with E-state index in [-0.39, 0.29) is 5.91 Å². The van der Waals surface area contributed by atoms with E-state index in [4.69, 9.17) is 9.84 Å². The van der Waals surface area contributed by atoms with E-state index >= 15 is 0 Å². The van der Waals surface area contributed by atoms with E-state index in [1.807, 2.05) is 18.2 Å². The van der Waals surface area contributed by atoms with Crippen molar-refractivity contribution < 1.29 is 19.4 Å². The van der Waals surface area contributed by atoms with E-state index in [1.54, 1.807) is 6.07 Å². The minimum absolute atomic E-state index is 0.291. The average Bonchev–Trinajstić information content (AvgIpc) is 2.78. The highest BCUT2D eigenvalue weighted by Gasteiger charge is 2.34. The van der Waals surface area contributed by atoms with Crippen molar-refractivity contribution in [2.75, 3.05) is 5.32 Å². The summed E-state index contributed by atoms with van der Waals surface area (Å²) in [6.07, 6.45) is -0.729. The molecule has 1 aliphatic heterocycles. The molecule has 0 radical (unpaired) electrons. The first-order valence-corrected chi connectivity index (χ1v) is 6.59. The second kappa shape index (κ2) is 5.66. The van der Waals surface area contributed by atoms with Crippen molar-refractivity contribution in [3.8, 4) is 0 Å². The second-order valence-electron chi connectivity index (χ2n) is 4.03. The summed E-state index contributed by atoms with van der Waals surface area (Å²) in [5.41, 5.74) is 0.689. The molecule has 2 N–H and O–H groups in total. The maximum atomic E-state index is 11.9. The lowest BCUT2D eigenvalue weighted by Crippen LogP contribution is -2.29. The van der Waals surface area contributed by atoms with Crippen molar-refractivity contribution in [3.63, 3.8) is 0 Å². The topological polar surface area (TPSA) is 75.6 Å². The number of anilines is 1. The van der Waals surface area contributed by atoms with Crippen molar-refractivity contribution in [2.24, 2.45) is 0 Å². The number of carbonyl (C=O) groups excluding carboxylic acids is 1. The lowest BCUT2D eigenvalue weighted by Gasteiger charge is -2.11. The van der Waals surface area contributed by atoms with Crippen LogP contribution in [0.5, 0.6) is 0 Å². The van der Waals surface area contributed by atoms with Crippen LogP contribution in [0.2, 0.25) is 0 Å². The summed E-state index contributed by atoms with van der Waals surface area (Å²) in [5, 5.41) is 11.5. The Morgan fingerprint density at radius 2 is 2.06 bits per heavy atom. The van der Waals surface area contributed by atoms with Gasteiger partial charge in [0.2, 0.25) is 0 Å². The lowest BCUT2D eigenvalue weighted by molar-refractivity contribution is -0.150. The molecule has 1 heterocycles. The van der Waals surface area contributed by atoms with Crippen LogP contribution >= 0.6 is 22.6 Å². The third-order valence-electron chi connectivity index (χ3n) is 2.68. The van der Waals surface area contributed by atoms with E-state index < -0.39 is 18.2 Å². The number of carboxylic acids is 1. The normalized spacial score (nSPS) is 22.7. The summed E-state index contributed by atoms with van der Waals surface area (Å²) >= 11 is 2.15. The van der Waals surface area contributed by atoms with Crippen molar-refractivity contribution >= 4 is 40.2 Å². The van der Waals surface area contributed by atoms with Crippen molar-refractivity contribution in [1.82, 2.24) is 0 Å². The molecule has 1 amide bonds. The van der Waals surface area contributed by atoms with Gasteiger partial charge in [-0.3, -0.25) is 4.79 Å². The summed E-state index contributed by atoms with van der Waals surface area (Å²) in [6, 6.07) is 7.38. The van der Waals surface area contributed by atoms with E-state index in [2.05, 4.69) is 27.9 Å². The fourth-order valence-corrected chi connectivity index (χ4v) is 2.34. The Kier molecular flexibility index (Phi) is 4.18. The molecule has 0 bridgehead atoms. The Hall–Kier alpha value is -1.15. The van der Waals surface area contributed by atoms with Crippen molar-refractivity contribution in [3.05, 3.63) is 27.8 Å². The number of halogens is 1. The van der Waals surface area contributed by atoms with Crippen LogP contribution in [0.25, 0.3) is 0 Å².